The Morgan fingerprint density at radius 1 is 1.10 bits per heavy atom. The fraction of sp³-hybridized carbons (Fsp3) is 0.0769. The minimum absolute atomic E-state index is 0.0941. The molecule has 0 aliphatic carbocycles. The topological polar surface area (TPSA) is 66.4 Å². The van der Waals surface area contributed by atoms with E-state index in [2.05, 4.69) is 4.72 Å². The molecule has 4 nitrogen and oxygen atoms in total. The van der Waals surface area contributed by atoms with Crippen molar-refractivity contribution in [3.63, 3.8) is 0 Å². The van der Waals surface area contributed by atoms with E-state index in [1.807, 2.05) is 0 Å². The van der Waals surface area contributed by atoms with Crippen LogP contribution in [0.3, 0.4) is 0 Å². The molecule has 0 heterocycles. The second-order valence-electron chi connectivity index (χ2n) is 4.13. The van der Waals surface area contributed by atoms with Gasteiger partial charge in [-0.1, -0.05) is 41.4 Å². The van der Waals surface area contributed by atoms with Crippen LogP contribution in [-0.2, 0) is 10.0 Å². The van der Waals surface area contributed by atoms with Crippen molar-refractivity contribution < 1.29 is 13.5 Å². The molecular weight excluding hydrogens is 321 g/mol. The van der Waals surface area contributed by atoms with Crippen LogP contribution >= 0.6 is 23.2 Å². The molecule has 0 amide bonds. The molecule has 20 heavy (non-hydrogen) atoms. The number of aromatic hydroxyl groups is 1. The van der Waals surface area contributed by atoms with Gasteiger partial charge in [0.15, 0.2) is 0 Å². The molecule has 0 unspecified atom stereocenters. The number of phenols is 1. The second-order valence-corrected chi connectivity index (χ2v) is 6.56. The zero-order valence-corrected chi connectivity index (χ0v) is 12.7. The van der Waals surface area contributed by atoms with Crippen molar-refractivity contribution in [2.45, 2.75) is 11.8 Å². The molecule has 2 aromatic carbocycles. The highest BCUT2D eigenvalue weighted by Crippen LogP contribution is 2.35. The molecule has 0 saturated carbocycles. The zero-order chi connectivity index (χ0) is 14.9. The van der Waals surface area contributed by atoms with Crippen molar-refractivity contribution in [2.75, 3.05) is 4.72 Å². The molecule has 2 rings (SSSR count). The molecule has 0 bridgehead atoms. The Bertz CT molecular complexity index is 760. The van der Waals surface area contributed by atoms with Crippen LogP contribution < -0.4 is 4.72 Å². The molecule has 2 aromatic rings. The number of anilines is 1. The number of aryl methyl sites for hydroxylation is 1. The molecule has 0 spiro atoms. The monoisotopic (exact) mass is 331 g/mol. The summed E-state index contributed by atoms with van der Waals surface area (Å²) in [6.45, 7) is 1.73. The fourth-order valence-corrected chi connectivity index (χ4v) is 3.39. The minimum Gasteiger partial charge on any atom is -0.507 e. The SMILES string of the molecule is Cc1ccc(Cl)c(NS(=O)(=O)c2ccccc2O)c1Cl. The molecule has 0 aliphatic rings. The normalized spacial score (nSPS) is 11.3. The highest BCUT2D eigenvalue weighted by atomic mass is 35.5. The third-order valence-electron chi connectivity index (χ3n) is 2.68. The van der Waals surface area contributed by atoms with Crippen LogP contribution in [0.2, 0.25) is 10.0 Å². The van der Waals surface area contributed by atoms with Gasteiger partial charge in [-0.3, -0.25) is 4.72 Å². The van der Waals surface area contributed by atoms with Crippen molar-refractivity contribution in [3.05, 3.63) is 52.0 Å². The first-order valence-corrected chi connectivity index (χ1v) is 7.82. The molecule has 106 valence electrons. The van der Waals surface area contributed by atoms with Gasteiger partial charge in [0.1, 0.15) is 10.6 Å². The molecule has 2 N–H and O–H groups in total. The number of halogens is 2. The Morgan fingerprint density at radius 2 is 1.75 bits per heavy atom. The summed E-state index contributed by atoms with van der Waals surface area (Å²) in [7, 11) is -3.97. The molecule has 0 saturated heterocycles. The Morgan fingerprint density at radius 3 is 2.40 bits per heavy atom. The lowest BCUT2D eigenvalue weighted by Gasteiger charge is -2.13. The average molecular weight is 332 g/mol. The summed E-state index contributed by atoms with van der Waals surface area (Å²) in [6, 6.07) is 8.84. The summed E-state index contributed by atoms with van der Waals surface area (Å²) < 4.78 is 26.8. The van der Waals surface area contributed by atoms with Gasteiger partial charge in [0, 0.05) is 0 Å². The van der Waals surface area contributed by atoms with E-state index in [9.17, 15) is 13.5 Å². The Hall–Kier alpha value is -1.43. The lowest BCUT2D eigenvalue weighted by Crippen LogP contribution is -2.14. The van der Waals surface area contributed by atoms with E-state index in [1.54, 1.807) is 19.1 Å². The average Bonchev–Trinajstić information content (AvgIpc) is 2.39. The largest absolute Gasteiger partial charge is 0.507 e. The number of hydrogen-bond donors (Lipinski definition) is 2. The zero-order valence-electron chi connectivity index (χ0n) is 10.4. The molecule has 0 fully saturated rings. The van der Waals surface area contributed by atoms with Gasteiger partial charge < -0.3 is 5.11 Å². The van der Waals surface area contributed by atoms with Gasteiger partial charge in [-0.05, 0) is 30.7 Å². The Labute approximate surface area is 127 Å². The quantitative estimate of drug-likeness (QED) is 0.898. The molecule has 0 aromatic heterocycles. The van der Waals surface area contributed by atoms with Gasteiger partial charge in [-0.2, -0.15) is 0 Å². The molecular formula is C13H11Cl2NO3S. The van der Waals surface area contributed by atoms with Crippen molar-refractivity contribution in [1.82, 2.24) is 0 Å². The van der Waals surface area contributed by atoms with E-state index in [1.165, 1.54) is 24.3 Å². The van der Waals surface area contributed by atoms with E-state index < -0.39 is 10.0 Å². The molecule has 0 aliphatic heterocycles. The van der Waals surface area contributed by atoms with Crippen LogP contribution in [0.1, 0.15) is 5.56 Å². The maximum Gasteiger partial charge on any atom is 0.265 e. The standard InChI is InChI=1S/C13H11Cl2NO3S/c1-8-6-7-9(14)13(12(8)15)16-20(18,19)11-5-3-2-4-10(11)17/h2-7,16-17H,1H3. The van der Waals surface area contributed by atoms with E-state index in [0.29, 0.717) is 5.56 Å². The maximum absolute atomic E-state index is 12.2. The Kier molecular flexibility index (Phi) is 4.13. The third-order valence-corrected chi connectivity index (χ3v) is 4.87. The summed E-state index contributed by atoms with van der Waals surface area (Å²) in [5.74, 6) is -0.347. The van der Waals surface area contributed by atoms with Crippen LogP contribution in [0.4, 0.5) is 5.69 Å². The summed E-state index contributed by atoms with van der Waals surface area (Å²) in [5.41, 5.74) is 0.780. The Balaban J connectivity index is 2.50. The van der Waals surface area contributed by atoms with Crippen LogP contribution in [0.25, 0.3) is 0 Å². The van der Waals surface area contributed by atoms with E-state index in [4.69, 9.17) is 23.2 Å². The summed E-state index contributed by atoms with van der Waals surface area (Å²) in [5, 5.41) is 10.0. The van der Waals surface area contributed by atoms with Crippen LogP contribution in [0.5, 0.6) is 5.75 Å². The van der Waals surface area contributed by atoms with Crippen LogP contribution in [0, 0.1) is 6.92 Å². The first-order chi connectivity index (χ1) is 9.33. The summed E-state index contributed by atoms with van der Waals surface area (Å²) in [6.07, 6.45) is 0. The van der Waals surface area contributed by atoms with Crippen LogP contribution in [-0.4, -0.2) is 13.5 Å². The molecule has 0 radical (unpaired) electrons. The van der Waals surface area contributed by atoms with Gasteiger partial charge in [0.2, 0.25) is 0 Å². The van der Waals surface area contributed by atoms with Crippen LogP contribution in [0.15, 0.2) is 41.3 Å². The van der Waals surface area contributed by atoms with Crippen molar-refractivity contribution in [1.29, 1.82) is 0 Å². The number of para-hydroxylation sites is 1. The number of nitrogens with one attached hydrogen (secondary N) is 1. The smallest absolute Gasteiger partial charge is 0.265 e. The highest BCUT2D eigenvalue weighted by Gasteiger charge is 2.21. The number of benzene rings is 2. The van der Waals surface area contributed by atoms with Crippen molar-refractivity contribution >= 4 is 38.9 Å². The van der Waals surface area contributed by atoms with Crippen molar-refractivity contribution in [2.24, 2.45) is 0 Å². The molecule has 0 atom stereocenters. The van der Waals surface area contributed by atoms with E-state index in [0.717, 1.165) is 0 Å². The first-order valence-electron chi connectivity index (χ1n) is 5.58. The number of phenolic OH excluding ortho intramolecular Hbond substituents is 1. The first kappa shape index (κ1) is 15.0. The lowest BCUT2D eigenvalue weighted by molar-refractivity contribution is 0.459. The lowest BCUT2D eigenvalue weighted by atomic mass is 10.2. The predicted octanol–water partition coefficient (Wildman–Crippen LogP) is 3.81. The number of rotatable bonds is 3. The summed E-state index contributed by atoms with van der Waals surface area (Å²) in [4.78, 5) is -0.242. The third kappa shape index (κ3) is 2.85. The maximum atomic E-state index is 12.2. The van der Waals surface area contributed by atoms with Gasteiger partial charge >= 0.3 is 0 Å². The predicted molar refractivity (Wildman–Crippen MR) is 80.1 cm³/mol. The number of sulfonamides is 1. The number of hydrogen-bond acceptors (Lipinski definition) is 3. The second kappa shape index (κ2) is 5.52. The van der Waals surface area contributed by atoms with Gasteiger partial charge in [-0.25, -0.2) is 8.42 Å². The van der Waals surface area contributed by atoms with Gasteiger partial charge in [0.25, 0.3) is 10.0 Å². The van der Waals surface area contributed by atoms with Gasteiger partial charge in [0.05, 0.1) is 15.7 Å². The fourth-order valence-electron chi connectivity index (χ4n) is 1.62. The highest BCUT2D eigenvalue weighted by molar-refractivity contribution is 7.92. The van der Waals surface area contributed by atoms with E-state index in [-0.39, 0.29) is 26.4 Å². The summed E-state index contributed by atoms with van der Waals surface area (Å²) >= 11 is 12.0. The molecule has 7 heteroatoms. The van der Waals surface area contributed by atoms with E-state index >= 15 is 0 Å². The minimum atomic E-state index is -3.97. The van der Waals surface area contributed by atoms with Crippen molar-refractivity contribution in [3.8, 4) is 5.75 Å². The van der Waals surface area contributed by atoms with Gasteiger partial charge in [-0.15, -0.1) is 0 Å².